The quantitative estimate of drug-likeness (QED) is 0.625. The number of hydrogen-bond donors (Lipinski definition) is 1. The second kappa shape index (κ2) is 6.09. The lowest BCUT2D eigenvalue weighted by molar-refractivity contribution is 0.126. The molecule has 0 heterocycles. The molecule has 0 aliphatic heterocycles. The first-order chi connectivity index (χ1) is 7.20. The molecule has 3 heteroatoms. The van der Waals surface area contributed by atoms with Gasteiger partial charge in [0.2, 0.25) is 0 Å². The summed E-state index contributed by atoms with van der Waals surface area (Å²) in [5, 5.41) is 12.5. The molecule has 0 amide bonds. The summed E-state index contributed by atoms with van der Waals surface area (Å²) in [7, 11) is 0. The van der Waals surface area contributed by atoms with Gasteiger partial charge in [-0.3, -0.25) is 5.32 Å². The monoisotopic (exact) mass is 210 g/mol. The highest BCUT2D eigenvalue weighted by Gasteiger charge is 2.31. The Morgan fingerprint density at radius 3 is 2.73 bits per heavy atom. The van der Waals surface area contributed by atoms with E-state index in [0.29, 0.717) is 6.04 Å². The van der Waals surface area contributed by atoms with Crippen molar-refractivity contribution in [3.05, 3.63) is 0 Å². The second-order valence-electron chi connectivity index (χ2n) is 4.58. The molecule has 1 aliphatic rings. The zero-order valence-electron chi connectivity index (χ0n) is 9.88. The van der Waals surface area contributed by atoms with E-state index in [9.17, 15) is 0 Å². The third-order valence-corrected chi connectivity index (χ3v) is 2.66. The lowest BCUT2D eigenvalue weighted by atomic mass is 9.98. The number of nitrogens with one attached hydrogen (secondary N) is 1. The number of ether oxygens (including phenoxy) is 1. The summed E-state index contributed by atoms with van der Waals surface area (Å²) >= 11 is 0. The SMILES string of the molecule is CCCOCCCC(C)(C#N)NC1CC1. The van der Waals surface area contributed by atoms with E-state index in [1.165, 1.54) is 12.8 Å². The molecule has 1 N–H and O–H groups in total. The highest BCUT2D eigenvalue weighted by atomic mass is 16.5. The molecule has 0 spiro atoms. The molecule has 1 atom stereocenters. The number of nitriles is 1. The summed E-state index contributed by atoms with van der Waals surface area (Å²) < 4.78 is 5.41. The van der Waals surface area contributed by atoms with Crippen LogP contribution in [0.5, 0.6) is 0 Å². The fourth-order valence-electron chi connectivity index (χ4n) is 1.61. The minimum Gasteiger partial charge on any atom is -0.381 e. The Bertz CT molecular complexity index is 220. The Labute approximate surface area is 92.8 Å². The summed E-state index contributed by atoms with van der Waals surface area (Å²) in [5.74, 6) is 0. The van der Waals surface area contributed by atoms with E-state index < -0.39 is 0 Å². The molecular weight excluding hydrogens is 188 g/mol. The van der Waals surface area contributed by atoms with Crippen molar-refractivity contribution in [1.82, 2.24) is 5.32 Å². The summed E-state index contributed by atoms with van der Waals surface area (Å²) in [6.07, 6.45) is 5.36. The van der Waals surface area contributed by atoms with Crippen LogP contribution in [-0.4, -0.2) is 24.8 Å². The predicted molar refractivity (Wildman–Crippen MR) is 60.5 cm³/mol. The first-order valence-corrected chi connectivity index (χ1v) is 5.97. The lowest BCUT2D eigenvalue weighted by Crippen LogP contribution is -2.42. The van der Waals surface area contributed by atoms with Gasteiger partial charge in [0.15, 0.2) is 0 Å². The molecule has 15 heavy (non-hydrogen) atoms. The van der Waals surface area contributed by atoms with E-state index in [1.807, 2.05) is 6.92 Å². The van der Waals surface area contributed by atoms with Crippen molar-refractivity contribution >= 4 is 0 Å². The van der Waals surface area contributed by atoms with Crippen LogP contribution in [-0.2, 0) is 4.74 Å². The molecule has 0 radical (unpaired) electrons. The normalized spacial score (nSPS) is 19.5. The smallest absolute Gasteiger partial charge is 0.104 e. The average Bonchev–Trinajstić information content (AvgIpc) is 3.01. The average molecular weight is 210 g/mol. The minimum atomic E-state index is -0.350. The van der Waals surface area contributed by atoms with Gasteiger partial charge in [0, 0.05) is 19.3 Å². The molecule has 3 nitrogen and oxygen atoms in total. The molecule has 1 fully saturated rings. The molecule has 1 aliphatic carbocycles. The standard InChI is InChI=1S/C12H22N2O/c1-3-8-15-9-4-7-12(2,10-13)14-11-5-6-11/h11,14H,3-9H2,1-2H3. The Kier molecular flexibility index (Phi) is 5.07. The van der Waals surface area contributed by atoms with Gasteiger partial charge in [-0.25, -0.2) is 0 Å². The lowest BCUT2D eigenvalue weighted by Gasteiger charge is -2.23. The summed E-state index contributed by atoms with van der Waals surface area (Å²) in [4.78, 5) is 0. The first kappa shape index (κ1) is 12.5. The zero-order valence-corrected chi connectivity index (χ0v) is 9.88. The zero-order chi connectivity index (χ0) is 11.1. The maximum absolute atomic E-state index is 9.11. The van der Waals surface area contributed by atoms with Gasteiger partial charge in [0.1, 0.15) is 5.54 Å². The van der Waals surface area contributed by atoms with Gasteiger partial charge in [-0.05, 0) is 39.0 Å². The van der Waals surface area contributed by atoms with Gasteiger partial charge in [0.25, 0.3) is 0 Å². The molecule has 1 saturated carbocycles. The van der Waals surface area contributed by atoms with Gasteiger partial charge in [-0.15, -0.1) is 0 Å². The molecule has 0 aromatic heterocycles. The van der Waals surface area contributed by atoms with Crippen molar-refractivity contribution < 1.29 is 4.74 Å². The third kappa shape index (κ3) is 5.15. The third-order valence-electron chi connectivity index (χ3n) is 2.66. The molecular formula is C12H22N2O. The molecule has 0 aromatic rings. The Balaban J connectivity index is 2.12. The predicted octanol–water partition coefficient (Wildman–Crippen LogP) is 2.23. The van der Waals surface area contributed by atoms with Crippen LogP contribution in [0.25, 0.3) is 0 Å². The van der Waals surface area contributed by atoms with Crippen molar-refractivity contribution in [2.24, 2.45) is 0 Å². The summed E-state index contributed by atoms with van der Waals surface area (Å²) in [5.41, 5.74) is -0.350. The van der Waals surface area contributed by atoms with Crippen molar-refractivity contribution in [2.45, 2.75) is 57.5 Å². The van der Waals surface area contributed by atoms with Crippen LogP contribution in [0.4, 0.5) is 0 Å². The molecule has 0 bridgehead atoms. The maximum atomic E-state index is 9.11. The van der Waals surface area contributed by atoms with Crippen LogP contribution in [0, 0.1) is 11.3 Å². The van der Waals surface area contributed by atoms with Crippen molar-refractivity contribution in [2.75, 3.05) is 13.2 Å². The van der Waals surface area contributed by atoms with Crippen LogP contribution in [0.2, 0.25) is 0 Å². The van der Waals surface area contributed by atoms with Gasteiger partial charge in [-0.2, -0.15) is 5.26 Å². The number of rotatable bonds is 8. The van der Waals surface area contributed by atoms with E-state index in [-0.39, 0.29) is 5.54 Å². The highest BCUT2D eigenvalue weighted by Crippen LogP contribution is 2.24. The number of hydrogen-bond acceptors (Lipinski definition) is 3. The summed E-state index contributed by atoms with van der Waals surface area (Å²) in [6.45, 7) is 5.70. The largest absolute Gasteiger partial charge is 0.381 e. The van der Waals surface area contributed by atoms with E-state index in [1.54, 1.807) is 0 Å². The topological polar surface area (TPSA) is 45.0 Å². The van der Waals surface area contributed by atoms with Crippen molar-refractivity contribution in [1.29, 1.82) is 5.26 Å². The van der Waals surface area contributed by atoms with E-state index in [0.717, 1.165) is 32.5 Å². The second-order valence-corrected chi connectivity index (χ2v) is 4.58. The molecule has 86 valence electrons. The van der Waals surface area contributed by atoms with Crippen LogP contribution in [0.1, 0.15) is 46.0 Å². The van der Waals surface area contributed by atoms with E-state index in [4.69, 9.17) is 10.00 Å². The fraction of sp³-hybridized carbons (Fsp3) is 0.917. The molecule has 1 unspecified atom stereocenters. The Hall–Kier alpha value is -0.590. The van der Waals surface area contributed by atoms with Crippen LogP contribution >= 0.6 is 0 Å². The summed E-state index contributed by atoms with van der Waals surface area (Å²) in [6, 6.07) is 2.96. The van der Waals surface area contributed by atoms with Crippen LogP contribution < -0.4 is 5.32 Å². The van der Waals surface area contributed by atoms with Crippen LogP contribution in [0.3, 0.4) is 0 Å². The van der Waals surface area contributed by atoms with Gasteiger partial charge < -0.3 is 4.74 Å². The number of nitrogens with zero attached hydrogens (tertiary/aromatic N) is 1. The minimum absolute atomic E-state index is 0.350. The Morgan fingerprint density at radius 2 is 2.20 bits per heavy atom. The molecule has 1 rings (SSSR count). The van der Waals surface area contributed by atoms with Crippen molar-refractivity contribution in [3.63, 3.8) is 0 Å². The Morgan fingerprint density at radius 1 is 1.47 bits per heavy atom. The van der Waals surface area contributed by atoms with Crippen molar-refractivity contribution in [3.8, 4) is 6.07 Å². The molecule has 0 aromatic carbocycles. The highest BCUT2D eigenvalue weighted by molar-refractivity contribution is 5.06. The van der Waals surface area contributed by atoms with Gasteiger partial charge in [-0.1, -0.05) is 6.92 Å². The van der Waals surface area contributed by atoms with Crippen LogP contribution in [0.15, 0.2) is 0 Å². The maximum Gasteiger partial charge on any atom is 0.104 e. The first-order valence-electron chi connectivity index (χ1n) is 5.97. The molecule has 0 saturated heterocycles. The van der Waals surface area contributed by atoms with E-state index >= 15 is 0 Å². The fourth-order valence-corrected chi connectivity index (χ4v) is 1.61. The van der Waals surface area contributed by atoms with Gasteiger partial charge >= 0.3 is 0 Å². The van der Waals surface area contributed by atoms with Gasteiger partial charge in [0.05, 0.1) is 6.07 Å². The van der Waals surface area contributed by atoms with E-state index in [2.05, 4.69) is 18.3 Å².